The van der Waals surface area contributed by atoms with Gasteiger partial charge < -0.3 is 10.6 Å². The van der Waals surface area contributed by atoms with Crippen molar-refractivity contribution in [1.29, 1.82) is 0 Å². The summed E-state index contributed by atoms with van der Waals surface area (Å²) in [7, 11) is 0. The highest BCUT2D eigenvalue weighted by Gasteiger charge is 2.17. The molecule has 1 aliphatic carbocycles. The van der Waals surface area contributed by atoms with Crippen molar-refractivity contribution in [1.82, 2.24) is 15.0 Å². The molecule has 2 N–H and O–H groups in total. The minimum absolute atomic E-state index is 0.326. The molecule has 0 atom stereocenters. The molecular formula is C21H21F2N5. The average molecular weight is 381 g/mol. The first-order chi connectivity index (χ1) is 13.7. The molecule has 0 unspecified atom stereocenters. The molecule has 4 rings (SSSR count). The Bertz CT molecular complexity index is 943. The third-order valence-electron chi connectivity index (χ3n) is 4.85. The summed E-state index contributed by atoms with van der Waals surface area (Å²) in [6.07, 6.45) is 8.08. The maximum Gasteiger partial charge on any atom is 0.225 e. The fraction of sp³-hybridized carbons (Fsp3) is 0.286. The first kappa shape index (κ1) is 18.3. The van der Waals surface area contributed by atoms with Gasteiger partial charge in [0.25, 0.3) is 0 Å². The van der Waals surface area contributed by atoms with Crippen LogP contribution in [0.3, 0.4) is 0 Å². The Morgan fingerprint density at radius 3 is 2.46 bits per heavy atom. The molecule has 0 spiro atoms. The number of aromatic nitrogens is 3. The second-order valence-corrected chi connectivity index (χ2v) is 6.93. The van der Waals surface area contributed by atoms with E-state index in [0.29, 0.717) is 29.9 Å². The normalized spacial score (nSPS) is 14.2. The number of rotatable bonds is 6. The number of benzene rings is 1. The Kier molecular flexibility index (Phi) is 5.41. The van der Waals surface area contributed by atoms with Crippen molar-refractivity contribution in [3.8, 4) is 11.3 Å². The molecule has 1 fully saturated rings. The summed E-state index contributed by atoms with van der Waals surface area (Å²) in [5.74, 6) is -0.530. The van der Waals surface area contributed by atoms with Crippen LogP contribution in [0.15, 0.2) is 48.8 Å². The molecule has 7 heteroatoms. The third-order valence-corrected chi connectivity index (χ3v) is 4.85. The van der Waals surface area contributed by atoms with Gasteiger partial charge in [-0.2, -0.15) is 4.98 Å². The maximum absolute atomic E-state index is 13.4. The summed E-state index contributed by atoms with van der Waals surface area (Å²) in [5.41, 5.74) is 2.33. The first-order valence-electron chi connectivity index (χ1n) is 9.41. The minimum Gasteiger partial charge on any atom is -0.366 e. The number of anilines is 2. The smallest absolute Gasteiger partial charge is 0.225 e. The zero-order valence-electron chi connectivity index (χ0n) is 15.3. The summed E-state index contributed by atoms with van der Waals surface area (Å²) in [6.45, 7) is 0.326. The van der Waals surface area contributed by atoms with Gasteiger partial charge in [0.05, 0.1) is 5.69 Å². The second-order valence-electron chi connectivity index (χ2n) is 6.93. The molecule has 1 aliphatic rings. The van der Waals surface area contributed by atoms with Crippen molar-refractivity contribution in [3.05, 3.63) is 66.0 Å². The van der Waals surface area contributed by atoms with Gasteiger partial charge in [-0.1, -0.05) is 18.9 Å². The Balaban J connectivity index is 1.58. The van der Waals surface area contributed by atoms with Crippen molar-refractivity contribution in [3.63, 3.8) is 0 Å². The van der Waals surface area contributed by atoms with E-state index in [9.17, 15) is 8.78 Å². The van der Waals surface area contributed by atoms with Crippen LogP contribution in [0.5, 0.6) is 0 Å². The zero-order valence-corrected chi connectivity index (χ0v) is 15.3. The van der Waals surface area contributed by atoms with Crippen molar-refractivity contribution >= 4 is 11.8 Å². The van der Waals surface area contributed by atoms with E-state index in [0.717, 1.165) is 30.2 Å². The highest BCUT2D eigenvalue weighted by atomic mass is 19.2. The van der Waals surface area contributed by atoms with E-state index in [2.05, 4.69) is 25.6 Å². The van der Waals surface area contributed by atoms with Gasteiger partial charge >= 0.3 is 0 Å². The lowest BCUT2D eigenvalue weighted by atomic mass is 10.2. The van der Waals surface area contributed by atoms with E-state index in [-0.39, 0.29) is 0 Å². The molecule has 0 bridgehead atoms. The van der Waals surface area contributed by atoms with Gasteiger partial charge in [-0.25, -0.2) is 13.8 Å². The number of nitrogens with one attached hydrogen (secondary N) is 2. The van der Waals surface area contributed by atoms with Gasteiger partial charge in [-0.3, -0.25) is 4.98 Å². The lowest BCUT2D eigenvalue weighted by Gasteiger charge is -2.15. The van der Waals surface area contributed by atoms with Crippen molar-refractivity contribution in [2.75, 3.05) is 10.6 Å². The topological polar surface area (TPSA) is 62.7 Å². The average Bonchev–Trinajstić information content (AvgIpc) is 3.22. The molecule has 0 saturated heterocycles. The van der Waals surface area contributed by atoms with E-state index in [1.165, 1.54) is 18.9 Å². The summed E-state index contributed by atoms with van der Waals surface area (Å²) in [5, 5.41) is 6.61. The molecule has 2 heterocycles. The summed E-state index contributed by atoms with van der Waals surface area (Å²) < 4.78 is 26.6. The lowest BCUT2D eigenvalue weighted by molar-refractivity contribution is 0.507. The summed E-state index contributed by atoms with van der Waals surface area (Å²) >= 11 is 0. The van der Waals surface area contributed by atoms with Gasteiger partial charge in [0.1, 0.15) is 5.82 Å². The predicted molar refractivity (Wildman–Crippen MR) is 105 cm³/mol. The molecule has 3 aromatic rings. The maximum atomic E-state index is 13.4. The molecule has 1 aromatic carbocycles. The molecule has 2 aromatic heterocycles. The number of halogens is 2. The predicted octanol–water partition coefficient (Wildman–Crippen LogP) is 4.78. The van der Waals surface area contributed by atoms with Crippen LogP contribution in [0.1, 0.15) is 31.2 Å². The Labute approximate surface area is 162 Å². The fourth-order valence-corrected chi connectivity index (χ4v) is 3.37. The van der Waals surface area contributed by atoms with Crippen LogP contribution >= 0.6 is 0 Å². The largest absolute Gasteiger partial charge is 0.366 e. The molecular weight excluding hydrogens is 360 g/mol. The second kappa shape index (κ2) is 8.29. The number of nitrogens with zero attached hydrogens (tertiary/aromatic N) is 3. The van der Waals surface area contributed by atoms with Crippen molar-refractivity contribution in [2.24, 2.45) is 0 Å². The van der Waals surface area contributed by atoms with Crippen molar-refractivity contribution < 1.29 is 8.78 Å². The van der Waals surface area contributed by atoms with Crippen LogP contribution in [0.2, 0.25) is 0 Å². The van der Waals surface area contributed by atoms with E-state index in [1.807, 2.05) is 18.2 Å². The SMILES string of the molecule is Fc1ccc(CNc2cc(-c3ccncc3)nc(NC3CCCC3)n2)cc1F. The van der Waals surface area contributed by atoms with E-state index in [4.69, 9.17) is 0 Å². The monoisotopic (exact) mass is 381 g/mol. The van der Waals surface area contributed by atoms with Crippen LogP contribution in [-0.4, -0.2) is 21.0 Å². The molecule has 1 saturated carbocycles. The van der Waals surface area contributed by atoms with Gasteiger partial charge in [-0.15, -0.1) is 0 Å². The highest BCUT2D eigenvalue weighted by Crippen LogP contribution is 2.25. The summed E-state index contributed by atoms with van der Waals surface area (Å²) in [4.78, 5) is 13.3. The van der Waals surface area contributed by atoms with Gasteiger partial charge in [0, 0.05) is 36.6 Å². The Morgan fingerprint density at radius 1 is 0.929 bits per heavy atom. The number of hydrogen-bond acceptors (Lipinski definition) is 5. The quantitative estimate of drug-likeness (QED) is 0.643. The van der Waals surface area contributed by atoms with Crippen LogP contribution in [0.25, 0.3) is 11.3 Å². The fourth-order valence-electron chi connectivity index (χ4n) is 3.37. The van der Waals surface area contributed by atoms with Gasteiger partial charge in [0.15, 0.2) is 11.6 Å². The lowest BCUT2D eigenvalue weighted by Crippen LogP contribution is -2.17. The third kappa shape index (κ3) is 4.42. The standard InChI is InChI=1S/C21H21F2N5/c22-17-6-5-14(11-18(17)23)13-25-20-12-19(15-7-9-24-10-8-15)27-21(28-20)26-16-3-1-2-4-16/h5-12,16H,1-4,13H2,(H2,25,26,27,28). The van der Waals surface area contributed by atoms with E-state index >= 15 is 0 Å². The number of pyridine rings is 1. The van der Waals surface area contributed by atoms with Crippen LogP contribution in [0, 0.1) is 11.6 Å². The van der Waals surface area contributed by atoms with E-state index < -0.39 is 11.6 Å². The molecule has 5 nitrogen and oxygen atoms in total. The Morgan fingerprint density at radius 2 is 1.71 bits per heavy atom. The first-order valence-corrected chi connectivity index (χ1v) is 9.41. The van der Waals surface area contributed by atoms with Crippen LogP contribution in [0.4, 0.5) is 20.5 Å². The van der Waals surface area contributed by atoms with Crippen molar-refractivity contribution in [2.45, 2.75) is 38.3 Å². The molecule has 28 heavy (non-hydrogen) atoms. The van der Waals surface area contributed by atoms with Crippen LogP contribution < -0.4 is 10.6 Å². The Hall–Kier alpha value is -3.09. The minimum atomic E-state index is -0.858. The highest BCUT2D eigenvalue weighted by molar-refractivity contribution is 5.64. The molecule has 0 amide bonds. The molecule has 0 aliphatic heterocycles. The zero-order chi connectivity index (χ0) is 19.3. The number of hydrogen-bond donors (Lipinski definition) is 2. The van der Waals surface area contributed by atoms with Crippen LogP contribution in [-0.2, 0) is 6.54 Å². The summed E-state index contributed by atoms with van der Waals surface area (Å²) in [6, 6.07) is 9.86. The van der Waals surface area contributed by atoms with Gasteiger partial charge in [-0.05, 0) is 42.7 Å². The molecule has 144 valence electrons. The molecule has 0 radical (unpaired) electrons. The van der Waals surface area contributed by atoms with E-state index in [1.54, 1.807) is 18.5 Å². The van der Waals surface area contributed by atoms with Gasteiger partial charge in [0.2, 0.25) is 5.95 Å².